The number of para-hydroxylation sites is 1. The van der Waals surface area contributed by atoms with Gasteiger partial charge in [-0.25, -0.2) is 4.98 Å². The molecule has 0 N–H and O–H groups in total. The van der Waals surface area contributed by atoms with E-state index in [-0.39, 0.29) is 0 Å². The number of hydrogen-bond acceptors (Lipinski definition) is 3. The highest BCUT2D eigenvalue weighted by Gasteiger charge is 2.00. The van der Waals surface area contributed by atoms with Crippen molar-refractivity contribution in [3.63, 3.8) is 0 Å². The Morgan fingerprint density at radius 1 is 0.824 bits per heavy atom. The molecule has 0 unspecified atom stereocenters. The van der Waals surface area contributed by atoms with Gasteiger partial charge in [0.05, 0.1) is 5.52 Å². The number of hydrogen-bond donors (Lipinski definition) is 0. The highest BCUT2D eigenvalue weighted by molar-refractivity contribution is 7.99. The molecule has 1 aromatic carbocycles. The van der Waals surface area contributed by atoms with Crippen molar-refractivity contribution in [2.75, 3.05) is 0 Å². The minimum atomic E-state index is 1.01. The third-order valence-electron chi connectivity index (χ3n) is 2.45. The van der Waals surface area contributed by atoms with Crippen LogP contribution in [0.4, 0.5) is 0 Å². The molecule has 0 spiro atoms. The Morgan fingerprint density at radius 3 is 2.53 bits per heavy atom. The van der Waals surface area contributed by atoms with Gasteiger partial charge in [-0.05, 0) is 24.3 Å². The van der Waals surface area contributed by atoms with Gasteiger partial charge in [0, 0.05) is 22.7 Å². The molecular weight excluding hydrogens is 228 g/mol. The molecule has 3 aromatic rings. The maximum absolute atomic E-state index is 4.61. The molecule has 2 aromatic heterocycles. The first-order valence-corrected chi connectivity index (χ1v) is 6.17. The van der Waals surface area contributed by atoms with Gasteiger partial charge in [0.1, 0.15) is 5.03 Å². The molecule has 2 heterocycles. The second-order valence-electron chi connectivity index (χ2n) is 3.63. The Morgan fingerprint density at radius 2 is 1.65 bits per heavy atom. The molecule has 0 atom stereocenters. The molecule has 3 heteroatoms. The summed E-state index contributed by atoms with van der Waals surface area (Å²) in [5, 5.41) is 2.18. The molecule has 0 aliphatic heterocycles. The smallest absolute Gasteiger partial charge is 0.101 e. The van der Waals surface area contributed by atoms with E-state index >= 15 is 0 Å². The van der Waals surface area contributed by atoms with Crippen molar-refractivity contribution >= 4 is 22.7 Å². The highest BCUT2D eigenvalue weighted by Crippen LogP contribution is 2.26. The van der Waals surface area contributed by atoms with E-state index in [1.165, 1.54) is 5.39 Å². The van der Waals surface area contributed by atoms with Crippen LogP contribution in [-0.4, -0.2) is 9.97 Å². The predicted molar refractivity (Wildman–Crippen MR) is 70.1 cm³/mol. The summed E-state index contributed by atoms with van der Waals surface area (Å²) in [6, 6.07) is 16.3. The zero-order valence-electron chi connectivity index (χ0n) is 9.08. The van der Waals surface area contributed by atoms with Crippen LogP contribution >= 0.6 is 11.8 Å². The van der Waals surface area contributed by atoms with E-state index in [2.05, 4.69) is 22.1 Å². The van der Waals surface area contributed by atoms with Crippen molar-refractivity contribution < 1.29 is 0 Å². The van der Waals surface area contributed by atoms with Crippen LogP contribution in [0.2, 0.25) is 0 Å². The first-order valence-electron chi connectivity index (χ1n) is 5.35. The van der Waals surface area contributed by atoms with Gasteiger partial charge in [0.25, 0.3) is 0 Å². The zero-order chi connectivity index (χ0) is 11.5. The van der Waals surface area contributed by atoms with Crippen LogP contribution in [0.15, 0.2) is 70.8 Å². The largest absolute Gasteiger partial charge is 0.265 e. The number of fused-ring (bicyclic) bond motifs is 1. The van der Waals surface area contributed by atoms with Crippen LogP contribution in [0.25, 0.3) is 10.9 Å². The monoisotopic (exact) mass is 238 g/mol. The van der Waals surface area contributed by atoms with E-state index in [0.717, 1.165) is 15.4 Å². The summed E-state index contributed by atoms with van der Waals surface area (Å²) in [6.45, 7) is 0. The Kier molecular flexibility index (Phi) is 2.76. The summed E-state index contributed by atoms with van der Waals surface area (Å²) in [5.41, 5.74) is 1.03. The number of pyridine rings is 2. The van der Waals surface area contributed by atoms with E-state index in [9.17, 15) is 0 Å². The van der Waals surface area contributed by atoms with Crippen LogP contribution in [0.1, 0.15) is 0 Å². The first-order chi connectivity index (χ1) is 8.42. The predicted octanol–water partition coefficient (Wildman–Crippen LogP) is 3.78. The van der Waals surface area contributed by atoms with Crippen LogP contribution in [0.3, 0.4) is 0 Å². The average molecular weight is 238 g/mol. The fourth-order valence-corrected chi connectivity index (χ4v) is 2.41. The zero-order valence-corrected chi connectivity index (χ0v) is 9.89. The van der Waals surface area contributed by atoms with Crippen LogP contribution in [0, 0.1) is 0 Å². The van der Waals surface area contributed by atoms with Gasteiger partial charge in [0.15, 0.2) is 0 Å². The third kappa shape index (κ3) is 2.29. The molecule has 17 heavy (non-hydrogen) atoms. The molecule has 3 rings (SSSR count). The van der Waals surface area contributed by atoms with E-state index in [1.54, 1.807) is 24.2 Å². The summed E-state index contributed by atoms with van der Waals surface area (Å²) in [7, 11) is 0. The Hall–Kier alpha value is -1.87. The molecule has 0 saturated heterocycles. The normalized spacial score (nSPS) is 10.6. The molecule has 82 valence electrons. The summed E-state index contributed by atoms with van der Waals surface area (Å²) < 4.78 is 0. The van der Waals surface area contributed by atoms with E-state index in [4.69, 9.17) is 0 Å². The summed E-state index contributed by atoms with van der Waals surface area (Å²) in [5.74, 6) is 0. The molecule has 0 saturated carbocycles. The van der Waals surface area contributed by atoms with Gasteiger partial charge in [0.2, 0.25) is 0 Å². The second-order valence-corrected chi connectivity index (χ2v) is 4.72. The lowest BCUT2D eigenvalue weighted by Crippen LogP contribution is -1.82. The Bertz CT molecular complexity index is 638. The molecule has 0 aliphatic rings. The van der Waals surface area contributed by atoms with Gasteiger partial charge in [-0.15, -0.1) is 0 Å². The number of benzene rings is 1. The highest BCUT2D eigenvalue weighted by atomic mass is 32.2. The number of aromatic nitrogens is 2. The van der Waals surface area contributed by atoms with Crippen molar-refractivity contribution in [1.82, 2.24) is 9.97 Å². The van der Waals surface area contributed by atoms with Crippen molar-refractivity contribution in [2.45, 2.75) is 9.92 Å². The molecule has 0 bridgehead atoms. The fourth-order valence-electron chi connectivity index (χ4n) is 1.63. The topological polar surface area (TPSA) is 25.8 Å². The molecule has 0 amide bonds. The standard InChI is InChI=1S/C14H10N2S/c1-2-4-13-11(3-1)5-6-14(16-13)17-12-7-9-15-10-8-12/h1-10H. The fraction of sp³-hybridized carbons (Fsp3) is 0. The van der Waals surface area contributed by atoms with Crippen molar-refractivity contribution in [1.29, 1.82) is 0 Å². The Labute approximate surface area is 104 Å². The van der Waals surface area contributed by atoms with Crippen molar-refractivity contribution in [2.24, 2.45) is 0 Å². The quantitative estimate of drug-likeness (QED) is 0.679. The maximum Gasteiger partial charge on any atom is 0.101 e. The lowest BCUT2D eigenvalue weighted by Gasteiger charge is -2.02. The summed E-state index contributed by atoms with van der Waals surface area (Å²) >= 11 is 1.65. The van der Waals surface area contributed by atoms with Crippen molar-refractivity contribution in [3.05, 3.63) is 60.9 Å². The van der Waals surface area contributed by atoms with Gasteiger partial charge in [-0.2, -0.15) is 0 Å². The maximum atomic E-state index is 4.61. The first kappa shape index (κ1) is 10.3. The Balaban J connectivity index is 1.96. The summed E-state index contributed by atoms with van der Waals surface area (Å²) in [4.78, 5) is 9.77. The molecule has 0 aliphatic carbocycles. The van der Waals surface area contributed by atoms with E-state index in [0.29, 0.717) is 0 Å². The lowest BCUT2D eigenvalue weighted by molar-refractivity contribution is 1.18. The average Bonchev–Trinajstić information content (AvgIpc) is 2.40. The molecule has 2 nitrogen and oxygen atoms in total. The lowest BCUT2D eigenvalue weighted by atomic mass is 10.2. The van der Waals surface area contributed by atoms with E-state index in [1.807, 2.05) is 36.4 Å². The minimum absolute atomic E-state index is 1.01. The van der Waals surface area contributed by atoms with Crippen LogP contribution < -0.4 is 0 Å². The van der Waals surface area contributed by atoms with Crippen LogP contribution in [0.5, 0.6) is 0 Å². The van der Waals surface area contributed by atoms with Crippen LogP contribution in [-0.2, 0) is 0 Å². The molecular formula is C14H10N2S. The number of rotatable bonds is 2. The van der Waals surface area contributed by atoms with Gasteiger partial charge >= 0.3 is 0 Å². The summed E-state index contributed by atoms with van der Waals surface area (Å²) in [6.07, 6.45) is 3.59. The van der Waals surface area contributed by atoms with Crippen molar-refractivity contribution in [3.8, 4) is 0 Å². The molecule has 0 fully saturated rings. The SMILES string of the molecule is c1ccc2nc(Sc3ccncc3)ccc2c1. The third-order valence-corrected chi connectivity index (χ3v) is 3.39. The van der Waals surface area contributed by atoms with Gasteiger partial charge in [-0.3, -0.25) is 4.98 Å². The minimum Gasteiger partial charge on any atom is -0.265 e. The van der Waals surface area contributed by atoms with E-state index < -0.39 is 0 Å². The number of nitrogens with zero attached hydrogens (tertiary/aromatic N) is 2. The van der Waals surface area contributed by atoms with Gasteiger partial charge < -0.3 is 0 Å². The molecule has 0 radical (unpaired) electrons. The second kappa shape index (κ2) is 4.55. The van der Waals surface area contributed by atoms with Gasteiger partial charge in [-0.1, -0.05) is 36.0 Å².